The van der Waals surface area contributed by atoms with Crippen LogP contribution in [0, 0.1) is 5.92 Å². The molecule has 1 fully saturated rings. The highest BCUT2D eigenvalue weighted by molar-refractivity contribution is 5.93. The van der Waals surface area contributed by atoms with Gasteiger partial charge in [0, 0.05) is 18.3 Å². The Morgan fingerprint density at radius 2 is 2.15 bits per heavy atom. The van der Waals surface area contributed by atoms with Gasteiger partial charge in [0.2, 0.25) is 0 Å². The van der Waals surface area contributed by atoms with Crippen LogP contribution in [0.2, 0.25) is 0 Å². The number of carboxylic acids is 1. The predicted octanol–water partition coefficient (Wildman–Crippen LogP) is 2.44. The highest BCUT2D eigenvalue weighted by Gasteiger charge is 2.28. The van der Waals surface area contributed by atoms with Gasteiger partial charge in [-0.1, -0.05) is 6.42 Å². The lowest BCUT2D eigenvalue weighted by molar-refractivity contribution is -0.143. The number of rotatable bonds is 4. The maximum absolute atomic E-state index is 12.3. The van der Waals surface area contributed by atoms with Gasteiger partial charge in [0.15, 0.2) is 0 Å². The quantitative estimate of drug-likeness (QED) is 0.888. The fourth-order valence-corrected chi connectivity index (χ4v) is 2.84. The van der Waals surface area contributed by atoms with Gasteiger partial charge in [-0.25, -0.2) is 0 Å². The van der Waals surface area contributed by atoms with Crippen LogP contribution in [0.25, 0.3) is 0 Å². The van der Waals surface area contributed by atoms with E-state index in [-0.39, 0.29) is 23.9 Å². The fraction of sp³-hybridized carbons (Fsp3) is 0.600. The lowest BCUT2D eigenvalue weighted by Crippen LogP contribution is -2.40. The molecule has 0 radical (unpaired) electrons. The summed E-state index contributed by atoms with van der Waals surface area (Å²) in [4.78, 5) is 23.3. The monoisotopic (exact) mass is 278 g/mol. The maximum Gasteiger partial charge on any atom is 0.306 e. The Balaban J connectivity index is 2.00. The van der Waals surface area contributed by atoms with E-state index in [4.69, 9.17) is 5.11 Å². The average Bonchev–Trinajstić information content (AvgIpc) is 2.88. The number of amides is 1. The summed E-state index contributed by atoms with van der Waals surface area (Å²) in [6.45, 7) is 4.05. The summed E-state index contributed by atoms with van der Waals surface area (Å²) in [7, 11) is 0. The Labute approximate surface area is 119 Å². The Hall–Kier alpha value is -1.78. The van der Waals surface area contributed by atoms with Crippen molar-refractivity contribution in [2.75, 3.05) is 0 Å². The van der Waals surface area contributed by atoms with Crippen molar-refractivity contribution < 1.29 is 14.7 Å². The summed E-state index contributed by atoms with van der Waals surface area (Å²) in [5.41, 5.74) is 0.637. The molecule has 2 unspecified atom stereocenters. The molecule has 1 amide bonds. The molecule has 2 N–H and O–H groups in total. The van der Waals surface area contributed by atoms with Gasteiger partial charge >= 0.3 is 5.97 Å². The third-order valence-electron chi connectivity index (χ3n) is 3.93. The summed E-state index contributed by atoms with van der Waals surface area (Å²) < 4.78 is 1.92. The van der Waals surface area contributed by atoms with E-state index in [1.165, 1.54) is 0 Å². The van der Waals surface area contributed by atoms with E-state index in [0.717, 1.165) is 12.8 Å². The summed E-state index contributed by atoms with van der Waals surface area (Å²) in [5, 5.41) is 12.1. The van der Waals surface area contributed by atoms with Gasteiger partial charge in [0.25, 0.3) is 5.91 Å². The minimum atomic E-state index is -0.755. The van der Waals surface area contributed by atoms with E-state index >= 15 is 0 Å². The van der Waals surface area contributed by atoms with E-state index in [0.29, 0.717) is 18.5 Å². The minimum absolute atomic E-state index is 0.0344. The maximum atomic E-state index is 12.3. The zero-order valence-electron chi connectivity index (χ0n) is 12.0. The Morgan fingerprint density at radius 3 is 2.80 bits per heavy atom. The van der Waals surface area contributed by atoms with Crippen molar-refractivity contribution in [1.29, 1.82) is 0 Å². The van der Waals surface area contributed by atoms with Gasteiger partial charge in [-0.3, -0.25) is 9.59 Å². The van der Waals surface area contributed by atoms with Crippen LogP contribution in [0.1, 0.15) is 56.1 Å². The largest absolute Gasteiger partial charge is 0.481 e. The number of carbonyl (C=O) groups is 2. The van der Waals surface area contributed by atoms with Gasteiger partial charge in [-0.05, 0) is 45.2 Å². The molecule has 2 atom stereocenters. The fourth-order valence-electron chi connectivity index (χ4n) is 2.84. The van der Waals surface area contributed by atoms with Gasteiger partial charge < -0.3 is 15.0 Å². The second kappa shape index (κ2) is 6.11. The molecule has 0 aliphatic heterocycles. The van der Waals surface area contributed by atoms with Gasteiger partial charge in [-0.2, -0.15) is 0 Å². The zero-order chi connectivity index (χ0) is 14.7. The zero-order valence-corrected chi connectivity index (χ0v) is 12.0. The molecule has 1 saturated carbocycles. The topological polar surface area (TPSA) is 71.3 Å². The van der Waals surface area contributed by atoms with Gasteiger partial charge in [-0.15, -0.1) is 0 Å². The van der Waals surface area contributed by atoms with E-state index in [9.17, 15) is 9.59 Å². The summed E-state index contributed by atoms with van der Waals surface area (Å²) >= 11 is 0. The molecule has 20 heavy (non-hydrogen) atoms. The van der Waals surface area contributed by atoms with Crippen molar-refractivity contribution in [2.24, 2.45) is 5.92 Å². The number of carboxylic acid groups (broad SMARTS) is 1. The molecular weight excluding hydrogens is 256 g/mol. The number of hydrogen-bond acceptors (Lipinski definition) is 2. The highest BCUT2D eigenvalue weighted by atomic mass is 16.4. The van der Waals surface area contributed by atoms with E-state index in [1.54, 1.807) is 6.07 Å². The molecule has 0 saturated heterocycles. The van der Waals surface area contributed by atoms with Crippen LogP contribution in [-0.2, 0) is 4.79 Å². The first-order chi connectivity index (χ1) is 9.49. The van der Waals surface area contributed by atoms with Crippen molar-refractivity contribution >= 4 is 11.9 Å². The second-order valence-electron chi connectivity index (χ2n) is 5.77. The third-order valence-corrected chi connectivity index (χ3v) is 3.93. The molecule has 0 aromatic carbocycles. The Bertz CT molecular complexity index is 493. The van der Waals surface area contributed by atoms with Crippen molar-refractivity contribution in [3.63, 3.8) is 0 Å². The first-order valence-electron chi connectivity index (χ1n) is 7.19. The highest BCUT2D eigenvalue weighted by Crippen LogP contribution is 2.24. The molecule has 1 heterocycles. The molecule has 0 spiro atoms. The van der Waals surface area contributed by atoms with Crippen LogP contribution in [0.15, 0.2) is 18.3 Å². The molecule has 1 aliphatic carbocycles. The smallest absolute Gasteiger partial charge is 0.306 e. The summed E-state index contributed by atoms with van der Waals surface area (Å²) in [5.74, 6) is -1.19. The van der Waals surface area contributed by atoms with Crippen molar-refractivity contribution in [1.82, 2.24) is 9.88 Å². The van der Waals surface area contributed by atoms with Crippen LogP contribution >= 0.6 is 0 Å². The number of nitrogens with one attached hydrogen (secondary N) is 1. The van der Waals surface area contributed by atoms with Crippen molar-refractivity contribution in [2.45, 2.75) is 51.6 Å². The first kappa shape index (κ1) is 14.6. The molecule has 5 heteroatoms. The minimum Gasteiger partial charge on any atom is -0.481 e. The van der Waals surface area contributed by atoms with Crippen molar-refractivity contribution in [3.8, 4) is 0 Å². The van der Waals surface area contributed by atoms with Crippen LogP contribution in [0.5, 0.6) is 0 Å². The first-order valence-corrected chi connectivity index (χ1v) is 7.19. The van der Waals surface area contributed by atoms with Crippen LogP contribution in [-0.4, -0.2) is 27.6 Å². The molecule has 110 valence electrons. The van der Waals surface area contributed by atoms with Crippen molar-refractivity contribution in [3.05, 3.63) is 24.0 Å². The third kappa shape index (κ3) is 3.21. The lowest BCUT2D eigenvalue weighted by atomic mass is 9.86. The number of aliphatic carboxylic acids is 1. The molecule has 0 bridgehead atoms. The molecular formula is C15H22N2O3. The SMILES string of the molecule is CC(C)n1cccc1C(=O)NC1CCCC(C(=O)O)C1. The number of nitrogens with zero attached hydrogens (tertiary/aromatic N) is 1. The van der Waals surface area contributed by atoms with Crippen LogP contribution < -0.4 is 5.32 Å². The number of hydrogen-bond donors (Lipinski definition) is 2. The molecule has 1 aromatic heterocycles. The Morgan fingerprint density at radius 1 is 1.40 bits per heavy atom. The molecule has 2 rings (SSSR count). The summed E-state index contributed by atoms with van der Waals surface area (Å²) in [6.07, 6.45) is 4.85. The Kier molecular flexibility index (Phi) is 4.47. The normalized spacial score (nSPS) is 22.8. The molecule has 1 aliphatic rings. The predicted molar refractivity (Wildman–Crippen MR) is 75.7 cm³/mol. The van der Waals surface area contributed by atoms with E-state index in [2.05, 4.69) is 5.32 Å². The molecule has 5 nitrogen and oxygen atoms in total. The number of carbonyl (C=O) groups excluding carboxylic acids is 1. The summed E-state index contributed by atoms with van der Waals surface area (Å²) in [6, 6.07) is 3.85. The van der Waals surface area contributed by atoms with Gasteiger partial charge in [0.1, 0.15) is 5.69 Å². The number of aromatic nitrogens is 1. The van der Waals surface area contributed by atoms with Crippen LogP contribution in [0.4, 0.5) is 0 Å². The van der Waals surface area contributed by atoms with E-state index in [1.807, 2.05) is 30.7 Å². The lowest BCUT2D eigenvalue weighted by Gasteiger charge is -2.27. The van der Waals surface area contributed by atoms with Gasteiger partial charge in [0.05, 0.1) is 5.92 Å². The van der Waals surface area contributed by atoms with Crippen LogP contribution in [0.3, 0.4) is 0 Å². The second-order valence-corrected chi connectivity index (χ2v) is 5.77. The average molecular weight is 278 g/mol. The standard InChI is InChI=1S/C15H22N2O3/c1-10(2)17-8-4-7-13(17)14(18)16-12-6-3-5-11(9-12)15(19)20/h4,7-8,10-12H,3,5-6,9H2,1-2H3,(H,16,18)(H,19,20). The van der Waals surface area contributed by atoms with E-state index < -0.39 is 5.97 Å². The molecule has 1 aromatic rings.